The Kier molecular flexibility index (Phi) is 5.82. The lowest BCUT2D eigenvalue weighted by Crippen LogP contribution is -2.28. The maximum Gasteiger partial charge on any atom is 0.416 e. The quantitative estimate of drug-likeness (QED) is 0.633. The maximum atomic E-state index is 13.2. The smallest absolute Gasteiger partial charge is 0.416 e. The number of likely N-dealkylation sites (N-methyl/N-ethyl adjacent to an activating group) is 1. The number of benzene rings is 1. The van der Waals surface area contributed by atoms with Gasteiger partial charge in [-0.1, -0.05) is 0 Å². The van der Waals surface area contributed by atoms with Gasteiger partial charge in [0, 0.05) is 30.9 Å². The van der Waals surface area contributed by atoms with E-state index in [1.54, 1.807) is 0 Å². The highest BCUT2D eigenvalue weighted by atomic mass is 32.3. The van der Waals surface area contributed by atoms with E-state index in [4.69, 9.17) is 9.84 Å². The predicted octanol–water partition coefficient (Wildman–Crippen LogP) is 3.27. The fourth-order valence-corrected chi connectivity index (χ4v) is 4.17. The first kappa shape index (κ1) is 22.1. The van der Waals surface area contributed by atoms with E-state index in [0.29, 0.717) is 6.54 Å². The number of carboxylic acids is 1. The van der Waals surface area contributed by atoms with Gasteiger partial charge in [-0.15, -0.1) is 0 Å². The van der Waals surface area contributed by atoms with Gasteiger partial charge in [-0.2, -0.15) is 17.5 Å². The van der Waals surface area contributed by atoms with Crippen LogP contribution < -0.4 is 9.04 Å². The van der Waals surface area contributed by atoms with E-state index in [9.17, 15) is 27.1 Å². The first-order valence-corrected chi connectivity index (χ1v) is 10.0. The lowest BCUT2D eigenvalue weighted by Gasteiger charge is -2.40. The third-order valence-electron chi connectivity index (χ3n) is 4.47. The number of rotatable bonds is 5. The molecule has 1 fully saturated rings. The molecule has 0 aliphatic carbocycles. The van der Waals surface area contributed by atoms with Crippen LogP contribution in [0.2, 0.25) is 0 Å². The molecular formula is C17H19F3N4O5S. The third kappa shape index (κ3) is 4.28. The second-order valence-corrected chi connectivity index (χ2v) is 8.55. The van der Waals surface area contributed by atoms with Crippen molar-refractivity contribution in [1.82, 2.24) is 14.3 Å². The molecule has 0 saturated carbocycles. The molecule has 2 heterocycles. The SMILES string of the molecule is Cc1nc(N2CCN(C)S2(O)O)ncc1-c1cc(C(F)(F)F)ccc1OCC(=O)O. The zero-order chi connectivity index (χ0) is 22.3. The number of halogens is 3. The molecule has 0 bridgehead atoms. The van der Waals surface area contributed by atoms with Crippen molar-refractivity contribution in [3.05, 3.63) is 35.7 Å². The van der Waals surface area contributed by atoms with Crippen molar-refractivity contribution in [1.29, 1.82) is 0 Å². The van der Waals surface area contributed by atoms with E-state index < -0.39 is 35.3 Å². The van der Waals surface area contributed by atoms with Crippen LogP contribution in [0.1, 0.15) is 11.3 Å². The molecule has 9 nitrogen and oxygen atoms in total. The van der Waals surface area contributed by atoms with Crippen molar-refractivity contribution in [2.24, 2.45) is 0 Å². The lowest BCUT2D eigenvalue weighted by molar-refractivity contribution is -0.140. The zero-order valence-corrected chi connectivity index (χ0v) is 16.7. The van der Waals surface area contributed by atoms with Crippen LogP contribution in [-0.2, 0) is 11.0 Å². The highest BCUT2D eigenvalue weighted by Gasteiger charge is 2.36. The van der Waals surface area contributed by atoms with Crippen LogP contribution in [0.5, 0.6) is 5.75 Å². The van der Waals surface area contributed by atoms with Gasteiger partial charge in [0.25, 0.3) is 0 Å². The van der Waals surface area contributed by atoms with Gasteiger partial charge in [0.1, 0.15) is 5.75 Å². The van der Waals surface area contributed by atoms with Gasteiger partial charge in [-0.25, -0.2) is 19.1 Å². The monoisotopic (exact) mass is 448 g/mol. The van der Waals surface area contributed by atoms with Crippen LogP contribution in [0.25, 0.3) is 11.1 Å². The maximum absolute atomic E-state index is 13.2. The minimum absolute atomic E-state index is 0.0144. The first-order chi connectivity index (χ1) is 13.9. The third-order valence-corrected chi connectivity index (χ3v) is 6.43. The second-order valence-electron chi connectivity index (χ2n) is 6.50. The Hall–Kier alpha value is -2.61. The van der Waals surface area contributed by atoms with E-state index in [-0.39, 0.29) is 35.1 Å². The summed E-state index contributed by atoms with van der Waals surface area (Å²) in [5, 5.41) is 8.82. The van der Waals surface area contributed by atoms with E-state index in [2.05, 4.69) is 9.97 Å². The topological polar surface area (TPSA) is 119 Å². The van der Waals surface area contributed by atoms with Crippen LogP contribution in [0.3, 0.4) is 0 Å². The fourth-order valence-electron chi connectivity index (χ4n) is 2.88. The molecule has 0 spiro atoms. The van der Waals surface area contributed by atoms with Crippen molar-refractivity contribution < 1.29 is 36.9 Å². The summed E-state index contributed by atoms with van der Waals surface area (Å²) in [7, 11) is -1.73. The summed E-state index contributed by atoms with van der Waals surface area (Å²) in [5.74, 6) is -1.34. The number of aromatic nitrogens is 2. The summed E-state index contributed by atoms with van der Waals surface area (Å²) in [5.41, 5.74) is -0.530. The van der Waals surface area contributed by atoms with Gasteiger partial charge in [0.05, 0.1) is 17.8 Å². The number of ether oxygens (including phenoxy) is 1. The van der Waals surface area contributed by atoms with Gasteiger partial charge in [0.2, 0.25) is 5.95 Å². The Balaban J connectivity index is 2.04. The number of nitrogens with zero attached hydrogens (tertiary/aromatic N) is 4. The van der Waals surface area contributed by atoms with Crippen LogP contribution in [-0.4, -0.2) is 61.2 Å². The highest BCUT2D eigenvalue weighted by molar-refractivity contribution is 8.23. The molecule has 13 heteroatoms. The number of hydrogen-bond donors (Lipinski definition) is 3. The molecular weight excluding hydrogens is 429 g/mol. The standard InChI is InChI=1S/C17H19F3N4O5S/c1-10-13(8-21-16(22-10)24-6-5-23(2)30(24,27)28)12-7-11(17(18,19)20)3-4-14(12)29-9-15(25)26/h3-4,7-8,27-28H,5-6,9H2,1-2H3,(H,25,26). The van der Waals surface area contributed by atoms with Crippen molar-refractivity contribution in [2.75, 3.05) is 31.0 Å². The van der Waals surface area contributed by atoms with Crippen molar-refractivity contribution in [2.45, 2.75) is 13.1 Å². The summed E-state index contributed by atoms with van der Waals surface area (Å²) in [6.07, 6.45) is -3.37. The van der Waals surface area contributed by atoms with Gasteiger partial charge >= 0.3 is 12.1 Å². The molecule has 1 aromatic carbocycles. The van der Waals surface area contributed by atoms with Crippen molar-refractivity contribution in [3.63, 3.8) is 0 Å². The van der Waals surface area contributed by atoms with Crippen LogP contribution in [0, 0.1) is 6.92 Å². The minimum Gasteiger partial charge on any atom is -0.481 e. The van der Waals surface area contributed by atoms with Crippen molar-refractivity contribution >= 4 is 22.9 Å². The van der Waals surface area contributed by atoms with Crippen LogP contribution in [0.15, 0.2) is 24.4 Å². The summed E-state index contributed by atoms with van der Waals surface area (Å²) in [4.78, 5) is 19.1. The Bertz CT molecular complexity index is 973. The predicted molar refractivity (Wildman–Crippen MR) is 103 cm³/mol. The van der Waals surface area contributed by atoms with Crippen molar-refractivity contribution in [3.8, 4) is 16.9 Å². The molecule has 0 radical (unpaired) electrons. The summed E-state index contributed by atoms with van der Waals surface area (Å²) >= 11 is 0. The molecule has 2 aromatic rings. The average molecular weight is 448 g/mol. The summed E-state index contributed by atoms with van der Waals surface area (Å²) in [6.45, 7) is 1.41. The number of hydrogen-bond acceptors (Lipinski definition) is 8. The molecule has 0 unspecified atom stereocenters. The Morgan fingerprint density at radius 3 is 2.50 bits per heavy atom. The van der Waals surface area contributed by atoms with Gasteiger partial charge < -0.3 is 9.84 Å². The van der Waals surface area contributed by atoms with E-state index in [1.807, 2.05) is 0 Å². The number of carbonyl (C=O) groups is 1. The molecule has 3 N–H and O–H groups in total. The lowest BCUT2D eigenvalue weighted by atomic mass is 10.0. The van der Waals surface area contributed by atoms with Gasteiger partial charge in [0.15, 0.2) is 6.61 Å². The molecule has 1 aliphatic heterocycles. The fraction of sp³-hybridized carbons (Fsp3) is 0.353. The normalized spacial score (nSPS) is 17.8. The van der Waals surface area contributed by atoms with E-state index in [0.717, 1.165) is 18.2 Å². The summed E-state index contributed by atoms with van der Waals surface area (Å²) < 4.78 is 67.8. The van der Waals surface area contributed by atoms with Crippen LogP contribution >= 0.6 is 11.0 Å². The zero-order valence-electron chi connectivity index (χ0n) is 15.9. The molecule has 1 aromatic heterocycles. The van der Waals surface area contributed by atoms with Crippen LogP contribution in [0.4, 0.5) is 19.1 Å². The Labute approximate surface area is 171 Å². The van der Waals surface area contributed by atoms with Gasteiger partial charge in [-0.3, -0.25) is 9.11 Å². The summed E-state index contributed by atoms with van der Waals surface area (Å²) in [6, 6.07) is 2.67. The molecule has 30 heavy (non-hydrogen) atoms. The molecule has 3 rings (SSSR count). The van der Waals surface area contributed by atoms with E-state index >= 15 is 0 Å². The van der Waals surface area contributed by atoms with Gasteiger partial charge in [-0.05, 0) is 36.1 Å². The highest BCUT2D eigenvalue weighted by Crippen LogP contribution is 2.51. The Morgan fingerprint density at radius 1 is 1.27 bits per heavy atom. The number of anilines is 1. The number of carboxylic acid groups (broad SMARTS) is 1. The number of aliphatic carboxylic acids is 1. The molecule has 1 saturated heterocycles. The average Bonchev–Trinajstić information content (AvgIpc) is 2.92. The largest absolute Gasteiger partial charge is 0.481 e. The first-order valence-electron chi connectivity index (χ1n) is 8.58. The Morgan fingerprint density at radius 2 is 1.97 bits per heavy atom. The molecule has 1 aliphatic rings. The number of aryl methyl sites for hydroxylation is 1. The molecule has 164 valence electrons. The molecule has 0 atom stereocenters. The minimum atomic E-state index is -4.62. The van der Waals surface area contributed by atoms with E-state index in [1.165, 1.54) is 28.8 Å². The molecule has 0 amide bonds. The second kappa shape index (κ2) is 7.91. The number of alkyl halides is 3.